The first-order valence-electron chi connectivity index (χ1n) is 9.29. The van der Waals surface area contributed by atoms with Crippen LogP contribution in [-0.4, -0.2) is 31.1 Å². The van der Waals surface area contributed by atoms with Gasteiger partial charge in [0.1, 0.15) is 18.1 Å². The van der Waals surface area contributed by atoms with Gasteiger partial charge in [-0.1, -0.05) is 26.0 Å². The third-order valence-corrected chi connectivity index (χ3v) is 4.84. The summed E-state index contributed by atoms with van der Waals surface area (Å²) in [4.78, 5) is 2.47. The van der Waals surface area contributed by atoms with E-state index in [1.165, 1.54) is 24.1 Å². The number of furan rings is 1. The molecule has 25 heavy (non-hydrogen) atoms. The zero-order chi connectivity index (χ0) is 17.6. The first kappa shape index (κ1) is 18.0. The van der Waals surface area contributed by atoms with E-state index in [1.54, 1.807) is 7.11 Å². The molecule has 0 spiro atoms. The molecule has 1 N–H and O–H groups in total. The molecule has 1 aromatic heterocycles. The number of nitrogens with zero attached hydrogens (tertiary/aromatic N) is 1. The second-order valence-corrected chi connectivity index (χ2v) is 7.30. The lowest BCUT2D eigenvalue weighted by Gasteiger charge is -2.33. The van der Waals surface area contributed by atoms with Crippen LogP contribution in [0.3, 0.4) is 0 Å². The predicted molar refractivity (Wildman–Crippen MR) is 102 cm³/mol. The first-order valence-corrected chi connectivity index (χ1v) is 9.29. The van der Waals surface area contributed by atoms with E-state index in [2.05, 4.69) is 54.4 Å². The molecule has 1 aliphatic heterocycles. The summed E-state index contributed by atoms with van der Waals surface area (Å²) < 4.78 is 10.9. The number of likely N-dealkylation sites (tertiary alicyclic amines) is 1. The fourth-order valence-electron chi connectivity index (χ4n) is 3.46. The molecule has 1 saturated heterocycles. The summed E-state index contributed by atoms with van der Waals surface area (Å²) in [6.07, 6.45) is 2.43. The van der Waals surface area contributed by atoms with Crippen molar-refractivity contribution in [3.63, 3.8) is 0 Å². The maximum Gasteiger partial charge on any atom is 0.129 e. The molecule has 136 valence electrons. The molecule has 2 aromatic rings. The Morgan fingerprint density at radius 3 is 2.64 bits per heavy atom. The van der Waals surface area contributed by atoms with Gasteiger partial charge in [0.2, 0.25) is 0 Å². The second-order valence-electron chi connectivity index (χ2n) is 7.30. The topological polar surface area (TPSA) is 37.6 Å². The zero-order valence-electron chi connectivity index (χ0n) is 15.6. The van der Waals surface area contributed by atoms with Crippen LogP contribution in [0.1, 0.15) is 49.7 Å². The Hall–Kier alpha value is -1.78. The lowest BCUT2D eigenvalue weighted by molar-refractivity contribution is 0.155. The average molecular weight is 342 g/mol. The molecule has 1 unspecified atom stereocenters. The van der Waals surface area contributed by atoms with Crippen molar-refractivity contribution in [2.24, 2.45) is 0 Å². The van der Waals surface area contributed by atoms with Gasteiger partial charge in [0.05, 0.1) is 6.54 Å². The maximum atomic E-state index is 5.83. The van der Waals surface area contributed by atoms with E-state index in [1.807, 2.05) is 6.07 Å². The number of anilines is 1. The fourth-order valence-corrected chi connectivity index (χ4v) is 3.46. The number of methoxy groups -OCH3 is 1. The van der Waals surface area contributed by atoms with Crippen LogP contribution in [0.15, 0.2) is 40.8 Å². The molecule has 1 atom stereocenters. The van der Waals surface area contributed by atoms with E-state index in [9.17, 15) is 0 Å². The van der Waals surface area contributed by atoms with Crippen molar-refractivity contribution in [3.8, 4) is 0 Å². The second kappa shape index (κ2) is 8.54. The third-order valence-electron chi connectivity index (χ3n) is 4.84. The van der Waals surface area contributed by atoms with Gasteiger partial charge in [0, 0.05) is 25.4 Å². The number of benzene rings is 1. The monoisotopic (exact) mass is 342 g/mol. The molecule has 0 amide bonds. The molecular formula is C21H30N2O2. The highest BCUT2D eigenvalue weighted by atomic mass is 16.5. The fraction of sp³-hybridized carbons (Fsp3) is 0.524. The highest BCUT2D eigenvalue weighted by Gasteiger charge is 2.20. The van der Waals surface area contributed by atoms with Gasteiger partial charge in [-0.2, -0.15) is 0 Å². The summed E-state index contributed by atoms with van der Waals surface area (Å²) in [5.74, 6) is 2.50. The Morgan fingerprint density at radius 2 is 1.92 bits per heavy atom. The number of rotatable bonds is 7. The molecule has 2 heterocycles. The largest absolute Gasteiger partial charge is 0.462 e. The third kappa shape index (κ3) is 5.10. The van der Waals surface area contributed by atoms with Crippen molar-refractivity contribution in [1.82, 2.24) is 4.90 Å². The minimum absolute atomic E-state index is 0.493. The van der Waals surface area contributed by atoms with E-state index < -0.39 is 0 Å². The minimum atomic E-state index is 0.493. The van der Waals surface area contributed by atoms with Crippen LogP contribution in [0.25, 0.3) is 0 Å². The normalized spacial score (nSPS) is 18.6. The Bertz CT molecular complexity index is 648. The van der Waals surface area contributed by atoms with E-state index >= 15 is 0 Å². The van der Waals surface area contributed by atoms with Gasteiger partial charge >= 0.3 is 0 Å². The summed E-state index contributed by atoms with van der Waals surface area (Å²) in [7, 11) is 1.69. The number of hydrogen-bond acceptors (Lipinski definition) is 4. The van der Waals surface area contributed by atoms with Crippen LogP contribution in [-0.2, 0) is 17.9 Å². The SMILES string of the molecule is COCc1ccc(CN2CCCC(Nc3ccc(C(C)C)cc3)C2)o1. The van der Waals surface area contributed by atoms with Gasteiger partial charge in [-0.25, -0.2) is 0 Å². The Balaban J connectivity index is 1.53. The van der Waals surface area contributed by atoms with E-state index in [0.29, 0.717) is 18.6 Å². The Labute approximate surface area is 151 Å². The van der Waals surface area contributed by atoms with Gasteiger partial charge in [0.25, 0.3) is 0 Å². The van der Waals surface area contributed by atoms with Crippen LogP contribution in [0.5, 0.6) is 0 Å². The molecule has 0 aliphatic carbocycles. The van der Waals surface area contributed by atoms with Crippen molar-refractivity contribution in [2.75, 3.05) is 25.5 Å². The molecule has 1 aliphatic rings. The smallest absolute Gasteiger partial charge is 0.129 e. The summed E-state index contributed by atoms with van der Waals surface area (Å²) in [6.45, 7) is 8.05. The van der Waals surface area contributed by atoms with Gasteiger partial charge in [0.15, 0.2) is 0 Å². The van der Waals surface area contributed by atoms with Crippen molar-refractivity contribution < 1.29 is 9.15 Å². The highest BCUT2D eigenvalue weighted by molar-refractivity contribution is 5.46. The van der Waals surface area contributed by atoms with Gasteiger partial charge < -0.3 is 14.5 Å². The standard InChI is InChI=1S/C21H30N2O2/c1-16(2)17-6-8-18(9-7-17)22-19-5-4-12-23(13-19)14-20-10-11-21(25-20)15-24-3/h6-11,16,19,22H,4-5,12-15H2,1-3H3. The van der Waals surface area contributed by atoms with Crippen LogP contribution < -0.4 is 5.32 Å². The molecule has 1 aromatic carbocycles. The van der Waals surface area contributed by atoms with Gasteiger partial charge in [-0.05, 0) is 55.1 Å². The highest BCUT2D eigenvalue weighted by Crippen LogP contribution is 2.21. The Kier molecular flexibility index (Phi) is 6.16. The first-order chi connectivity index (χ1) is 12.1. The zero-order valence-corrected chi connectivity index (χ0v) is 15.6. The number of piperidine rings is 1. The van der Waals surface area contributed by atoms with Crippen LogP contribution in [0.4, 0.5) is 5.69 Å². The molecular weight excluding hydrogens is 312 g/mol. The van der Waals surface area contributed by atoms with Crippen molar-refractivity contribution >= 4 is 5.69 Å². The number of nitrogens with one attached hydrogen (secondary N) is 1. The Morgan fingerprint density at radius 1 is 1.16 bits per heavy atom. The van der Waals surface area contributed by atoms with Crippen molar-refractivity contribution in [2.45, 2.75) is 51.8 Å². The van der Waals surface area contributed by atoms with Crippen LogP contribution in [0.2, 0.25) is 0 Å². The number of hydrogen-bond donors (Lipinski definition) is 1. The van der Waals surface area contributed by atoms with Gasteiger partial charge in [-0.15, -0.1) is 0 Å². The summed E-state index contributed by atoms with van der Waals surface area (Å²) >= 11 is 0. The summed E-state index contributed by atoms with van der Waals surface area (Å²) in [6, 6.07) is 13.4. The van der Waals surface area contributed by atoms with E-state index in [-0.39, 0.29) is 0 Å². The van der Waals surface area contributed by atoms with Crippen molar-refractivity contribution in [1.29, 1.82) is 0 Å². The van der Waals surface area contributed by atoms with E-state index in [4.69, 9.17) is 9.15 Å². The van der Waals surface area contributed by atoms with Gasteiger partial charge in [-0.3, -0.25) is 4.90 Å². The lowest BCUT2D eigenvalue weighted by atomic mass is 10.0. The van der Waals surface area contributed by atoms with E-state index in [0.717, 1.165) is 31.2 Å². The predicted octanol–water partition coefficient (Wildman–Crippen LogP) is 4.63. The minimum Gasteiger partial charge on any atom is -0.462 e. The molecule has 4 heteroatoms. The summed E-state index contributed by atoms with van der Waals surface area (Å²) in [5, 5.41) is 3.70. The molecule has 4 nitrogen and oxygen atoms in total. The molecule has 0 saturated carbocycles. The van der Waals surface area contributed by atoms with Crippen molar-refractivity contribution in [3.05, 3.63) is 53.5 Å². The molecule has 1 fully saturated rings. The molecule has 0 radical (unpaired) electrons. The summed E-state index contributed by atoms with van der Waals surface area (Å²) in [5.41, 5.74) is 2.61. The lowest BCUT2D eigenvalue weighted by Crippen LogP contribution is -2.41. The quantitative estimate of drug-likeness (QED) is 0.796. The van der Waals surface area contributed by atoms with Crippen LogP contribution in [0, 0.1) is 0 Å². The number of ether oxygens (including phenoxy) is 1. The maximum absolute atomic E-state index is 5.83. The molecule has 3 rings (SSSR count). The van der Waals surface area contributed by atoms with Crippen LogP contribution >= 0.6 is 0 Å². The molecule has 0 bridgehead atoms. The average Bonchev–Trinajstić information content (AvgIpc) is 3.03.